The van der Waals surface area contributed by atoms with Gasteiger partial charge in [0.1, 0.15) is 0 Å². The highest BCUT2D eigenvalue weighted by atomic mass is 16.7. The van der Waals surface area contributed by atoms with Crippen molar-refractivity contribution in [3.8, 4) is 0 Å². The first kappa shape index (κ1) is 13.3. The van der Waals surface area contributed by atoms with Crippen LogP contribution in [-0.4, -0.2) is 57.1 Å². The summed E-state index contributed by atoms with van der Waals surface area (Å²) in [5.41, 5.74) is 0. The molecule has 100 valence electrons. The number of fused-ring (bicyclic) bond motifs is 1. The summed E-state index contributed by atoms with van der Waals surface area (Å²) in [4.78, 5) is 2.57. The average molecular weight is 242 g/mol. The van der Waals surface area contributed by atoms with Gasteiger partial charge in [-0.05, 0) is 38.8 Å². The molecular weight excluding hydrogens is 216 g/mol. The molecule has 2 saturated heterocycles. The molecule has 2 rings (SSSR count). The first-order valence-corrected chi connectivity index (χ1v) is 6.99. The van der Waals surface area contributed by atoms with E-state index in [2.05, 4.69) is 10.2 Å². The summed E-state index contributed by atoms with van der Waals surface area (Å²) in [6.45, 7) is 11.6. The third-order valence-corrected chi connectivity index (χ3v) is 3.85. The van der Waals surface area contributed by atoms with Gasteiger partial charge in [-0.15, -0.1) is 0 Å². The minimum Gasteiger partial charge on any atom is -0.353 e. The molecule has 0 spiro atoms. The molecular formula is C13H26N2O2. The van der Waals surface area contributed by atoms with Gasteiger partial charge in [0, 0.05) is 39.3 Å². The Morgan fingerprint density at radius 1 is 1.12 bits per heavy atom. The maximum Gasteiger partial charge on any atom is 0.158 e. The van der Waals surface area contributed by atoms with Crippen LogP contribution < -0.4 is 5.32 Å². The molecule has 0 bridgehead atoms. The van der Waals surface area contributed by atoms with Crippen molar-refractivity contribution in [2.45, 2.75) is 26.6 Å². The van der Waals surface area contributed by atoms with Gasteiger partial charge in [0.2, 0.25) is 0 Å². The second-order valence-corrected chi connectivity index (χ2v) is 5.07. The van der Waals surface area contributed by atoms with E-state index >= 15 is 0 Å². The molecule has 0 aromatic rings. The number of nitrogens with zero attached hydrogens (tertiary/aromatic N) is 1. The zero-order valence-electron chi connectivity index (χ0n) is 11.2. The smallest absolute Gasteiger partial charge is 0.158 e. The van der Waals surface area contributed by atoms with Crippen LogP contribution in [0, 0.1) is 11.8 Å². The molecule has 0 radical (unpaired) electrons. The molecule has 0 saturated carbocycles. The van der Waals surface area contributed by atoms with Crippen molar-refractivity contribution in [3.05, 3.63) is 0 Å². The largest absolute Gasteiger partial charge is 0.353 e. The molecule has 2 fully saturated rings. The molecule has 0 aromatic heterocycles. The highest BCUT2D eigenvalue weighted by Gasteiger charge is 2.35. The van der Waals surface area contributed by atoms with Crippen LogP contribution in [0.3, 0.4) is 0 Å². The third-order valence-electron chi connectivity index (χ3n) is 3.85. The molecule has 2 atom stereocenters. The van der Waals surface area contributed by atoms with Crippen LogP contribution in [0.5, 0.6) is 0 Å². The molecule has 17 heavy (non-hydrogen) atoms. The number of hydrogen-bond acceptors (Lipinski definition) is 4. The summed E-state index contributed by atoms with van der Waals surface area (Å²) in [5.74, 6) is 1.76. The van der Waals surface area contributed by atoms with Gasteiger partial charge in [-0.1, -0.05) is 0 Å². The van der Waals surface area contributed by atoms with Crippen molar-refractivity contribution in [2.75, 3.05) is 45.9 Å². The molecule has 4 nitrogen and oxygen atoms in total. The van der Waals surface area contributed by atoms with Gasteiger partial charge < -0.3 is 19.7 Å². The Morgan fingerprint density at radius 2 is 1.71 bits per heavy atom. The second kappa shape index (κ2) is 6.69. The normalized spacial score (nSPS) is 29.1. The molecule has 0 aromatic carbocycles. The van der Waals surface area contributed by atoms with Gasteiger partial charge in [-0.2, -0.15) is 0 Å². The molecule has 2 unspecified atom stereocenters. The van der Waals surface area contributed by atoms with Crippen LogP contribution in [0.4, 0.5) is 0 Å². The van der Waals surface area contributed by atoms with Crippen molar-refractivity contribution < 1.29 is 9.47 Å². The van der Waals surface area contributed by atoms with E-state index in [-0.39, 0.29) is 6.29 Å². The lowest BCUT2D eigenvalue weighted by Crippen LogP contribution is -2.30. The molecule has 4 heteroatoms. The van der Waals surface area contributed by atoms with E-state index < -0.39 is 0 Å². The Labute approximate surface area is 105 Å². The Balaban J connectivity index is 1.67. The summed E-state index contributed by atoms with van der Waals surface area (Å²) in [6.07, 6.45) is 0.984. The van der Waals surface area contributed by atoms with E-state index in [1.165, 1.54) is 26.2 Å². The fraction of sp³-hybridized carbons (Fsp3) is 1.00. The fourth-order valence-corrected chi connectivity index (χ4v) is 3.01. The quantitative estimate of drug-likeness (QED) is 0.673. The third kappa shape index (κ3) is 3.65. The molecule has 0 amide bonds. The number of hydrogen-bond donors (Lipinski definition) is 1. The van der Waals surface area contributed by atoms with Crippen LogP contribution in [0.15, 0.2) is 0 Å². The van der Waals surface area contributed by atoms with Gasteiger partial charge in [0.25, 0.3) is 0 Å². The van der Waals surface area contributed by atoms with E-state index in [1.54, 1.807) is 0 Å². The van der Waals surface area contributed by atoms with Crippen LogP contribution in [0.2, 0.25) is 0 Å². The van der Waals surface area contributed by atoms with Crippen LogP contribution >= 0.6 is 0 Å². The first-order valence-electron chi connectivity index (χ1n) is 6.99. The van der Waals surface area contributed by atoms with Crippen LogP contribution in [0.25, 0.3) is 0 Å². The van der Waals surface area contributed by atoms with Gasteiger partial charge in [0.05, 0.1) is 0 Å². The van der Waals surface area contributed by atoms with Crippen molar-refractivity contribution >= 4 is 0 Å². The molecule has 2 heterocycles. The van der Waals surface area contributed by atoms with Gasteiger partial charge >= 0.3 is 0 Å². The zero-order valence-corrected chi connectivity index (χ0v) is 11.2. The highest BCUT2D eigenvalue weighted by Crippen LogP contribution is 2.26. The van der Waals surface area contributed by atoms with Crippen molar-refractivity contribution in [2.24, 2.45) is 11.8 Å². The summed E-state index contributed by atoms with van der Waals surface area (Å²) >= 11 is 0. The zero-order chi connectivity index (χ0) is 12.1. The predicted octanol–water partition coefficient (Wildman–Crippen LogP) is 0.927. The Kier molecular flexibility index (Phi) is 5.22. The maximum atomic E-state index is 5.57. The monoisotopic (exact) mass is 242 g/mol. The summed E-state index contributed by atoms with van der Waals surface area (Å²) in [6, 6.07) is 0. The lowest BCUT2D eigenvalue weighted by molar-refractivity contribution is -0.141. The molecule has 1 N–H and O–H groups in total. The number of nitrogens with one attached hydrogen (secondary N) is 1. The average Bonchev–Trinajstić information content (AvgIpc) is 2.86. The van der Waals surface area contributed by atoms with E-state index in [0.29, 0.717) is 0 Å². The number of ether oxygens (including phenoxy) is 2. The second-order valence-electron chi connectivity index (χ2n) is 5.07. The van der Waals surface area contributed by atoms with E-state index in [0.717, 1.165) is 38.0 Å². The van der Waals surface area contributed by atoms with Gasteiger partial charge in [-0.3, -0.25) is 0 Å². The van der Waals surface area contributed by atoms with Gasteiger partial charge in [-0.25, -0.2) is 0 Å². The standard InChI is InChI=1S/C13H26N2O2/c1-3-16-13(17-4-2)5-6-15-9-11-7-14-8-12(11)10-15/h11-14H,3-10H2,1-2H3. The predicted molar refractivity (Wildman–Crippen MR) is 67.9 cm³/mol. The van der Waals surface area contributed by atoms with Crippen molar-refractivity contribution in [3.63, 3.8) is 0 Å². The fourth-order valence-electron chi connectivity index (χ4n) is 3.01. The lowest BCUT2D eigenvalue weighted by atomic mass is 10.0. The van der Waals surface area contributed by atoms with Crippen LogP contribution in [-0.2, 0) is 9.47 Å². The summed E-state index contributed by atoms with van der Waals surface area (Å²) in [5, 5.41) is 3.47. The highest BCUT2D eigenvalue weighted by molar-refractivity contribution is 4.91. The molecule has 2 aliphatic heterocycles. The van der Waals surface area contributed by atoms with E-state index in [4.69, 9.17) is 9.47 Å². The maximum absolute atomic E-state index is 5.57. The minimum absolute atomic E-state index is 0.0106. The molecule has 0 aliphatic carbocycles. The Bertz CT molecular complexity index is 207. The first-order chi connectivity index (χ1) is 8.33. The van der Waals surface area contributed by atoms with Gasteiger partial charge in [0.15, 0.2) is 6.29 Å². The van der Waals surface area contributed by atoms with Crippen molar-refractivity contribution in [1.29, 1.82) is 0 Å². The lowest BCUT2D eigenvalue weighted by Gasteiger charge is -2.21. The summed E-state index contributed by atoms with van der Waals surface area (Å²) < 4.78 is 11.1. The van der Waals surface area contributed by atoms with E-state index in [1.807, 2.05) is 13.8 Å². The SMILES string of the molecule is CCOC(CCN1CC2CNCC2C1)OCC. The Hall–Kier alpha value is -0.160. The minimum atomic E-state index is -0.0106. The topological polar surface area (TPSA) is 33.7 Å². The number of likely N-dealkylation sites (tertiary alicyclic amines) is 1. The number of rotatable bonds is 7. The van der Waals surface area contributed by atoms with Crippen LogP contribution in [0.1, 0.15) is 20.3 Å². The molecule has 2 aliphatic rings. The Morgan fingerprint density at radius 3 is 2.24 bits per heavy atom. The van der Waals surface area contributed by atoms with Crippen molar-refractivity contribution in [1.82, 2.24) is 10.2 Å². The van der Waals surface area contributed by atoms with E-state index in [9.17, 15) is 0 Å². The summed E-state index contributed by atoms with van der Waals surface area (Å²) in [7, 11) is 0.